The van der Waals surface area contributed by atoms with Gasteiger partial charge >= 0.3 is 11.9 Å². The fraction of sp³-hybridized carbons (Fsp3) is 0.571. The van der Waals surface area contributed by atoms with E-state index in [0.717, 1.165) is 0 Å². The van der Waals surface area contributed by atoms with Crippen LogP contribution in [0.1, 0.15) is 26.2 Å². The molecule has 0 bridgehead atoms. The molecule has 0 unspecified atom stereocenters. The van der Waals surface area contributed by atoms with E-state index in [0.29, 0.717) is 0 Å². The minimum atomic E-state index is -0.948. The summed E-state index contributed by atoms with van der Waals surface area (Å²) in [5, 5.41) is 16.1. The van der Waals surface area contributed by atoms with Gasteiger partial charge in [-0.2, -0.15) is 0 Å². The molecule has 13 heavy (non-hydrogen) atoms. The summed E-state index contributed by atoms with van der Waals surface area (Å²) < 4.78 is 0. The first-order valence-electron chi connectivity index (χ1n) is 3.56. The van der Waals surface area contributed by atoms with Crippen LogP contribution in [0.15, 0.2) is 0 Å². The SMILES string of the molecule is CC(N)=O.O=C(O)CCCC(=O)O. The van der Waals surface area contributed by atoms with Crippen molar-refractivity contribution in [1.29, 1.82) is 0 Å². The van der Waals surface area contributed by atoms with Gasteiger partial charge in [-0.25, -0.2) is 0 Å². The molecule has 6 heteroatoms. The highest BCUT2D eigenvalue weighted by Crippen LogP contribution is 1.93. The second-order valence-corrected chi connectivity index (χ2v) is 2.25. The molecule has 0 saturated heterocycles. The Morgan fingerprint density at radius 2 is 1.31 bits per heavy atom. The maximum absolute atomic E-state index is 9.79. The molecule has 76 valence electrons. The highest BCUT2D eigenvalue weighted by atomic mass is 16.4. The Balaban J connectivity index is 0. The second-order valence-electron chi connectivity index (χ2n) is 2.25. The summed E-state index contributed by atoms with van der Waals surface area (Å²) in [4.78, 5) is 28.8. The van der Waals surface area contributed by atoms with Gasteiger partial charge in [-0.05, 0) is 6.42 Å². The summed E-state index contributed by atoms with van der Waals surface area (Å²) in [6.45, 7) is 1.31. The van der Waals surface area contributed by atoms with E-state index in [2.05, 4.69) is 5.73 Å². The van der Waals surface area contributed by atoms with Crippen LogP contribution in [-0.4, -0.2) is 28.1 Å². The molecule has 0 fully saturated rings. The van der Waals surface area contributed by atoms with E-state index in [1.165, 1.54) is 6.92 Å². The third-order valence-electron chi connectivity index (χ3n) is 0.781. The molecule has 0 aliphatic carbocycles. The Kier molecular flexibility index (Phi) is 9.14. The van der Waals surface area contributed by atoms with Gasteiger partial charge in [0, 0.05) is 19.8 Å². The molecule has 0 atom stereocenters. The zero-order valence-electron chi connectivity index (χ0n) is 7.32. The molecule has 0 spiro atoms. The number of carboxylic acid groups (broad SMARTS) is 2. The predicted molar refractivity (Wildman–Crippen MR) is 44.0 cm³/mol. The van der Waals surface area contributed by atoms with Crippen molar-refractivity contribution in [3.8, 4) is 0 Å². The first-order chi connectivity index (χ1) is 5.86. The van der Waals surface area contributed by atoms with Crippen LogP contribution in [0.3, 0.4) is 0 Å². The van der Waals surface area contributed by atoms with Crippen molar-refractivity contribution < 1.29 is 24.6 Å². The third kappa shape index (κ3) is 37.9. The van der Waals surface area contributed by atoms with E-state index < -0.39 is 11.9 Å². The zero-order valence-corrected chi connectivity index (χ0v) is 7.32. The van der Waals surface area contributed by atoms with Crippen molar-refractivity contribution in [3.63, 3.8) is 0 Å². The molecule has 0 rings (SSSR count). The Morgan fingerprint density at radius 1 is 1.08 bits per heavy atom. The van der Waals surface area contributed by atoms with Gasteiger partial charge in [0.2, 0.25) is 5.91 Å². The van der Waals surface area contributed by atoms with E-state index in [9.17, 15) is 14.4 Å². The van der Waals surface area contributed by atoms with Crippen molar-refractivity contribution >= 4 is 17.8 Å². The van der Waals surface area contributed by atoms with Crippen molar-refractivity contribution in [3.05, 3.63) is 0 Å². The average Bonchev–Trinajstić information content (AvgIpc) is 1.83. The molecular formula is C7H13NO5. The zero-order chi connectivity index (χ0) is 10.9. The van der Waals surface area contributed by atoms with Crippen LogP contribution in [0.25, 0.3) is 0 Å². The number of primary amides is 1. The minimum Gasteiger partial charge on any atom is -0.481 e. The largest absolute Gasteiger partial charge is 0.481 e. The van der Waals surface area contributed by atoms with Crippen molar-refractivity contribution in [2.45, 2.75) is 26.2 Å². The minimum absolute atomic E-state index is 0.0632. The molecule has 0 aliphatic heterocycles. The Bertz CT molecular complexity index is 171. The van der Waals surface area contributed by atoms with Gasteiger partial charge in [-0.1, -0.05) is 0 Å². The molecular weight excluding hydrogens is 178 g/mol. The van der Waals surface area contributed by atoms with Gasteiger partial charge in [0.15, 0.2) is 0 Å². The van der Waals surface area contributed by atoms with Crippen LogP contribution in [0.5, 0.6) is 0 Å². The Hall–Kier alpha value is -1.59. The van der Waals surface area contributed by atoms with E-state index in [-0.39, 0.29) is 25.2 Å². The number of aliphatic carboxylic acids is 2. The number of hydrogen-bond donors (Lipinski definition) is 3. The summed E-state index contributed by atoms with van der Waals surface area (Å²) in [5.41, 5.74) is 4.47. The fourth-order valence-electron chi connectivity index (χ4n) is 0.391. The van der Waals surface area contributed by atoms with Gasteiger partial charge in [-0.15, -0.1) is 0 Å². The Morgan fingerprint density at radius 3 is 1.46 bits per heavy atom. The maximum atomic E-state index is 9.79. The van der Waals surface area contributed by atoms with Crippen molar-refractivity contribution in [2.75, 3.05) is 0 Å². The molecule has 0 heterocycles. The summed E-state index contributed by atoms with van der Waals surface area (Å²) in [6, 6.07) is 0. The van der Waals surface area contributed by atoms with Gasteiger partial charge in [0.05, 0.1) is 0 Å². The molecule has 0 radical (unpaired) electrons. The lowest BCUT2D eigenvalue weighted by molar-refractivity contribution is -0.138. The fourth-order valence-corrected chi connectivity index (χ4v) is 0.391. The summed E-state index contributed by atoms with van der Waals surface area (Å²) in [6.07, 6.45) is 0.0866. The highest BCUT2D eigenvalue weighted by Gasteiger charge is 1.99. The van der Waals surface area contributed by atoms with E-state index in [1.807, 2.05) is 0 Å². The second kappa shape index (κ2) is 8.51. The quantitative estimate of drug-likeness (QED) is 0.569. The highest BCUT2D eigenvalue weighted by molar-refractivity contribution is 5.70. The first kappa shape index (κ1) is 14.0. The molecule has 4 N–H and O–H groups in total. The summed E-state index contributed by atoms with van der Waals surface area (Å²) in [7, 11) is 0. The molecule has 0 aliphatic rings. The predicted octanol–water partition coefficient (Wildman–Crippen LogP) is -0.182. The van der Waals surface area contributed by atoms with Gasteiger partial charge in [-0.3, -0.25) is 14.4 Å². The lowest BCUT2D eigenvalue weighted by Gasteiger charge is -1.89. The van der Waals surface area contributed by atoms with Crippen molar-refractivity contribution in [2.24, 2.45) is 5.73 Å². The molecule has 0 aromatic rings. The van der Waals surface area contributed by atoms with Gasteiger partial charge in [0.25, 0.3) is 0 Å². The van der Waals surface area contributed by atoms with Crippen LogP contribution in [0.2, 0.25) is 0 Å². The van der Waals surface area contributed by atoms with Crippen LogP contribution in [0, 0.1) is 0 Å². The number of rotatable bonds is 4. The number of carboxylic acids is 2. The lowest BCUT2D eigenvalue weighted by atomic mass is 10.2. The molecule has 6 nitrogen and oxygen atoms in total. The third-order valence-corrected chi connectivity index (χ3v) is 0.781. The lowest BCUT2D eigenvalue weighted by Crippen LogP contribution is -2.01. The Labute approximate surface area is 75.3 Å². The first-order valence-corrected chi connectivity index (χ1v) is 3.56. The molecule has 1 amide bonds. The topological polar surface area (TPSA) is 118 Å². The molecule has 0 aromatic heterocycles. The van der Waals surface area contributed by atoms with E-state index >= 15 is 0 Å². The van der Waals surface area contributed by atoms with Gasteiger partial charge in [0.1, 0.15) is 0 Å². The number of carbonyl (C=O) groups is 3. The van der Waals surface area contributed by atoms with Crippen LogP contribution in [0.4, 0.5) is 0 Å². The number of amides is 1. The van der Waals surface area contributed by atoms with Crippen molar-refractivity contribution in [1.82, 2.24) is 0 Å². The normalized spacial score (nSPS) is 8.08. The van der Waals surface area contributed by atoms with E-state index in [4.69, 9.17) is 10.2 Å². The standard InChI is InChI=1S/C5H8O4.C2H5NO/c6-4(7)2-1-3-5(8)9;1-2(3)4/h1-3H2,(H,6,7)(H,8,9);1H3,(H2,3,4). The smallest absolute Gasteiger partial charge is 0.303 e. The summed E-state index contributed by atoms with van der Waals surface area (Å²) >= 11 is 0. The van der Waals surface area contributed by atoms with E-state index in [1.54, 1.807) is 0 Å². The van der Waals surface area contributed by atoms with Crippen LogP contribution < -0.4 is 5.73 Å². The average molecular weight is 191 g/mol. The van der Waals surface area contributed by atoms with Crippen LogP contribution in [-0.2, 0) is 14.4 Å². The number of hydrogen-bond acceptors (Lipinski definition) is 3. The molecule has 0 saturated carbocycles. The number of nitrogens with two attached hydrogens (primary N) is 1. The summed E-state index contributed by atoms with van der Waals surface area (Å²) in [5.74, 6) is -2.23. The maximum Gasteiger partial charge on any atom is 0.303 e. The monoisotopic (exact) mass is 191 g/mol. The van der Waals surface area contributed by atoms with Crippen LogP contribution >= 0.6 is 0 Å². The molecule has 0 aromatic carbocycles. The number of carbonyl (C=O) groups excluding carboxylic acids is 1. The van der Waals surface area contributed by atoms with Gasteiger partial charge < -0.3 is 15.9 Å².